The maximum Gasteiger partial charge on any atom is 0.423 e. The lowest BCUT2D eigenvalue weighted by molar-refractivity contribution is -0.159. The van der Waals surface area contributed by atoms with Crippen LogP contribution in [0.1, 0.15) is 37.7 Å². The van der Waals surface area contributed by atoms with Crippen molar-refractivity contribution in [2.75, 3.05) is 11.9 Å². The topological polar surface area (TPSA) is 56.3 Å². The largest absolute Gasteiger partial charge is 0.490 e. The molecule has 0 unspecified atom stereocenters. The molecule has 11 heteroatoms. The molecule has 1 saturated carbocycles. The summed E-state index contributed by atoms with van der Waals surface area (Å²) in [5, 5.41) is 2.67. The first-order chi connectivity index (χ1) is 14.1. The van der Waals surface area contributed by atoms with Crippen LogP contribution in [-0.4, -0.2) is 28.9 Å². The van der Waals surface area contributed by atoms with Gasteiger partial charge in [-0.1, -0.05) is 12.5 Å². The van der Waals surface area contributed by atoms with Gasteiger partial charge in [-0.05, 0) is 37.8 Å². The number of hydrogen-bond acceptors (Lipinski definition) is 5. The van der Waals surface area contributed by atoms with Crippen molar-refractivity contribution in [2.24, 2.45) is 0 Å². The maximum absolute atomic E-state index is 13.0. The van der Waals surface area contributed by atoms with Gasteiger partial charge in [-0.15, -0.1) is 0 Å². The lowest BCUT2D eigenvalue weighted by atomic mass is 9.98. The Kier molecular flexibility index (Phi) is 6.57. The summed E-state index contributed by atoms with van der Waals surface area (Å²) in [6.07, 6.45) is -4.07. The van der Waals surface area contributed by atoms with Crippen molar-refractivity contribution in [1.82, 2.24) is 9.97 Å². The van der Waals surface area contributed by atoms with E-state index in [0.717, 1.165) is 25.7 Å². The van der Waals surface area contributed by atoms with E-state index in [2.05, 4.69) is 20.0 Å². The Bertz CT molecular complexity index is 851. The molecule has 1 aromatic carbocycles. The Balaban J connectivity index is 1.76. The second kappa shape index (κ2) is 8.97. The molecule has 164 valence electrons. The summed E-state index contributed by atoms with van der Waals surface area (Å²) in [6.45, 7) is -1.91. The van der Waals surface area contributed by atoms with Crippen molar-refractivity contribution < 1.29 is 35.8 Å². The molecule has 1 aliphatic rings. The molecule has 0 bridgehead atoms. The minimum absolute atomic E-state index is 0.0960. The van der Waals surface area contributed by atoms with Crippen molar-refractivity contribution in [1.29, 1.82) is 0 Å². The van der Waals surface area contributed by atoms with E-state index >= 15 is 0 Å². The lowest BCUT2D eigenvalue weighted by Crippen LogP contribution is -2.22. The quantitative estimate of drug-likeness (QED) is 0.574. The van der Waals surface area contributed by atoms with Gasteiger partial charge in [0.1, 0.15) is 11.3 Å². The second-order valence-corrected chi connectivity index (χ2v) is 6.84. The van der Waals surface area contributed by atoms with Crippen molar-refractivity contribution in [2.45, 2.75) is 50.6 Å². The van der Waals surface area contributed by atoms with Gasteiger partial charge in [-0.25, -0.2) is 4.98 Å². The third kappa shape index (κ3) is 6.39. The van der Waals surface area contributed by atoms with E-state index in [1.54, 1.807) is 24.3 Å². The molecule has 0 spiro atoms. The number of anilines is 2. The fraction of sp³-hybridized carbons (Fsp3) is 0.474. The van der Waals surface area contributed by atoms with Crippen LogP contribution in [0.5, 0.6) is 11.6 Å². The summed E-state index contributed by atoms with van der Waals surface area (Å²) in [5.74, 6) is -0.978. The van der Waals surface area contributed by atoms with Gasteiger partial charge in [0.15, 0.2) is 6.61 Å². The van der Waals surface area contributed by atoms with E-state index in [-0.39, 0.29) is 12.1 Å². The van der Waals surface area contributed by atoms with Crippen molar-refractivity contribution in [3.8, 4) is 11.6 Å². The SMILES string of the molecule is FC(F)(F)COc1nc(Nc2cccc(OC3CCCCC3)c2)ncc1C(F)(F)F. The smallest absolute Gasteiger partial charge is 0.423 e. The number of ether oxygens (including phenoxy) is 2. The Hall–Kier alpha value is -2.72. The molecule has 1 aliphatic carbocycles. The van der Waals surface area contributed by atoms with E-state index in [0.29, 0.717) is 17.6 Å². The molecule has 0 aliphatic heterocycles. The molecule has 0 atom stereocenters. The molecule has 1 fully saturated rings. The van der Waals surface area contributed by atoms with Gasteiger partial charge in [-0.3, -0.25) is 0 Å². The lowest BCUT2D eigenvalue weighted by Gasteiger charge is -2.23. The highest BCUT2D eigenvalue weighted by Crippen LogP contribution is 2.36. The zero-order valence-electron chi connectivity index (χ0n) is 15.7. The molecular formula is C19H19F6N3O2. The van der Waals surface area contributed by atoms with Crippen LogP contribution < -0.4 is 14.8 Å². The highest BCUT2D eigenvalue weighted by molar-refractivity contribution is 5.56. The van der Waals surface area contributed by atoms with Crippen LogP contribution in [-0.2, 0) is 6.18 Å². The summed E-state index contributed by atoms with van der Waals surface area (Å²) in [6, 6.07) is 6.63. The number of rotatable bonds is 6. The van der Waals surface area contributed by atoms with E-state index in [1.807, 2.05) is 0 Å². The van der Waals surface area contributed by atoms with Crippen LogP contribution in [0.4, 0.5) is 38.0 Å². The number of nitrogens with zero attached hydrogens (tertiary/aromatic N) is 2. The van der Waals surface area contributed by atoms with Gasteiger partial charge in [0.2, 0.25) is 11.8 Å². The fourth-order valence-corrected chi connectivity index (χ4v) is 3.03. The van der Waals surface area contributed by atoms with Gasteiger partial charge in [0.25, 0.3) is 0 Å². The van der Waals surface area contributed by atoms with Gasteiger partial charge in [0, 0.05) is 18.0 Å². The van der Waals surface area contributed by atoms with Gasteiger partial charge in [0.05, 0.1) is 6.10 Å². The van der Waals surface area contributed by atoms with Crippen LogP contribution >= 0.6 is 0 Å². The molecule has 1 aromatic heterocycles. The Morgan fingerprint density at radius 2 is 1.77 bits per heavy atom. The van der Waals surface area contributed by atoms with E-state index in [4.69, 9.17) is 4.74 Å². The third-order valence-electron chi connectivity index (χ3n) is 4.38. The number of alkyl halides is 6. The number of aromatic nitrogens is 2. The third-order valence-corrected chi connectivity index (χ3v) is 4.38. The van der Waals surface area contributed by atoms with Gasteiger partial charge in [-0.2, -0.15) is 31.3 Å². The zero-order valence-corrected chi connectivity index (χ0v) is 15.7. The molecule has 1 heterocycles. The maximum atomic E-state index is 13.0. The van der Waals surface area contributed by atoms with E-state index in [1.165, 1.54) is 6.42 Å². The fourth-order valence-electron chi connectivity index (χ4n) is 3.03. The van der Waals surface area contributed by atoms with Crippen LogP contribution in [0, 0.1) is 0 Å². The van der Waals surface area contributed by atoms with Gasteiger partial charge < -0.3 is 14.8 Å². The first-order valence-electron chi connectivity index (χ1n) is 9.28. The summed E-state index contributed by atoms with van der Waals surface area (Å²) < 4.78 is 86.4. The summed E-state index contributed by atoms with van der Waals surface area (Å²) in [7, 11) is 0. The molecule has 5 nitrogen and oxygen atoms in total. The molecule has 30 heavy (non-hydrogen) atoms. The predicted octanol–water partition coefficient (Wildman–Crippen LogP) is 5.89. The Morgan fingerprint density at radius 1 is 1.03 bits per heavy atom. The average Bonchev–Trinajstić information content (AvgIpc) is 2.66. The Morgan fingerprint density at radius 3 is 2.43 bits per heavy atom. The first-order valence-corrected chi connectivity index (χ1v) is 9.28. The number of nitrogens with one attached hydrogen (secondary N) is 1. The normalized spacial score (nSPS) is 15.7. The molecule has 0 saturated heterocycles. The second-order valence-electron chi connectivity index (χ2n) is 6.84. The molecule has 1 N–H and O–H groups in total. The Labute approximate surface area is 168 Å². The predicted molar refractivity (Wildman–Crippen MR) is 95.8 cm³/mol. The van der Waals surface area contributed by atoms with Crippen LogP contribution in [0.3, 0.4) is 0 Å². The minimum Gasteiger partial charge on any atom is -0.490 e. The zero-order chi connectivity index (χ0) is 21.8. The molecule has 2 aromatic rings. The standard InChI is InChI=1S/C19H19F6N3O2/c20-18(21,22)11-29-16-15(19(23,24)25)10-26-17(28-16)27-12-5-4-8-14(9-12)30-13-6-2-1-3-7-13/h4-5,8-10,13H,1-3,6-7,11H2,(H,26,27,28). The van der Waals surface area contributed by atoms with Crippen LogP contribution in [0.25, 0.3) is 0 Å². The highest BCUT2D eigenvalue weighted by Gasteiger charge is 2.38. The van der Waals surface area contributed by atoms with Crippen LogP contribution in [0.15, 0.2) is 30.5 Å². The van der Waals surface area contributed by atoms with Crippen LogP contribution in [0.2, 0.25) is 0 Å². The molecule has 0 radical (unpaired) electrons. The number of halogens is 6. The monoisotopic (exact) mass is 435 g/mol. The minimum atomic E-state index is -4.97. The van der Waals surface area contributed by atoms with E-state index < -0.39 is 30.4 Å². The van der Waals surface area contributed by atoms with Crippen molar-refractivity contribution >= 4 is 11.6 Å². The summed E-state index contributed by atoms with van der Waals surface area (Å²) in [5.41, 5.74) is -1.09. The first kappa shape index (κ1) is 22.0. The number of hydrogen-bond donors (Lipinski definition) is 1. The molecular weight excluding hydrogens is 416 g/mol. The van der Waals surface area contributed by atoms with Crippen molar-refractivity contribution in [3.05, 3.63) is 36.0 Å². The number of benzene rings is 1. The highest BCUT2D eigenvalue weighted by atomic mass is 19.4. The summed E-state index contributed by atoms with van der Waals surface area (Å²) >= 11 is 0. The van der Waals surface area contributed by atoms with E-state index in [9.17, 15) is 26.3 Å². The molecule has 3 rings (SSSR count). The summed E-state index contributed by atoms with van der Waals surface area (Å²) in [4.78, 5) is 7.02. The average molecular weight is 435 g/mol. The van der Waals surface area contributed by atoms with Gasteiger partial charge >= 0.3 is 12.4 Å². The van der Waals surface area contributed by atoms with Crippen molar-refractivity contribution in [3.63, 3.8) is 0 Å². The molecule has 0 amide bonds.